The zero-order chi connectivity index (χ0) is 14.4. The molecule has 0 radical (unpaired) electrons. The predicted molar refractivity (Wildman–Crippen MR) is 84.5 cm³/mol. The maximum absolute atomic E-state index is 12.7. The molecule has 106 valence electrons. The second kappa shape index (κ2) is 4.89. The Labute approximate surface area is 130 Å². The third-order valence-corrected chi connectivity index (χ3v) is 6.10. The van der Waals surface area contributed by atoms with Gasteiger partial charge in [-0.2, -0.15) is 0 Å². The van der Waals surface area contributed by atoms with Crippen LogP contribution < -0.4 is 4.90 Å². The molecule has 6 heteroatoms. The van der Waals surface area contributed by atoms with Crippen LogP contribution in [0.3, 0.4) is 0 Å². The largest absolute Gasteiger partial charge is 0.333 e. The fourth-order valence-corrected chi connectivity index (χ4v) is 5.14. The van der Waals surface area contributed by atoms with E-state index in [0.29, 0.717) is 11.4 Å². The number of thiophene rings is 1. The summed E-state index contributed by atoms with van der Waals surface area (Å²) in [5.41, 5.74) is 0.650. The van der Waals surface area contributed by atoms with Crippen LogP contribution in [0.25, 0.3) is 0 Å². The summed E-state index contributed by atoms with van der Waals surface area (Å²) in [5, 5.41) is 1.96. The monoisotopic (exact) mass is 316 g/mol. The van der Waals surface area contributed by atoms with Gasteiger partial charge in [0.05, 0.1) is 5.69 Å². The van der Waals surface area contributed by atoms with Gasteiger partial charge in [0, 0.05) is 10.6 Å². The number of para-hydroxylation sites is 1. The molecule has 2 saturated heterocycles. The zero-order valence-corrected chi connectivity index (χ0v) is 12.6. The van der Waals surface area contributed by atoms with Crippen LogP contribution in [0, 0.1) is 0 Å². The van der Waals surface area contributed by atoms with Crippen molar-refractivity contribution in [3.05, 3.63) is 52.7 Å². The molecule has 0 spiro atoms. The molecule has 2 aliphatic heterocycles. The van der Waals surface area contributed by atoms with Crippen molar-refractivity contribution < 1.29 is 9.59 Å². The van der Waals surface area contributed by atoms with Crippen molar-refractivity contribution in [2.45, 2.75) is 11.4 Å². The summed E-state index contributed by atoms with van der Waals surface area (Å²) in [4.78, 5) is 29.5. The van der Waals surface area contributed by atoms with Gasteiger partial charge in [-0.05, 0) is 23.6 Å². The van der Waals surface area contributed by atoms with E-state index in [1.165, 1.54) is 4.90 Å². The van der Waals surface area contributed by atoms with Crippen molar-refractivity contribution in [3.63, 3.8) is 0 Å². The lowest BCUT2D eigenvalue weighted by atomic mass is 10.2. The Morgan fingerprint density at radius 1 is 1.05 bits per heavy atom. The van der Waals surface area contributed by atoms with Crippen LogP contribution in [0.5, 0.6) is 0 Å². The third-order valence-electron chi connectivity index (χ3n) is 3.72. The number of hydrogen-bond acceptors (Lipinski definition) is 4. The van der Waals surface area contributed by atoms with Gasteiger partial charge in [0.1, 0.15) is 11.4 Å². The lowest BCUT2D eigenvalue weighted by Crippen LogP contribution is -2.33. The summed E-state index contributed by atoms with van der Waals surface area (Å²) in [6, 6.07) is 12.6. The number of urea groups is 1. The van der Waals surface area contributed by atoms with E-state index < -0.39 is 0 Å². The van der Waals surface area contributed by atoms with Crippen molar-refractivity contribution >= 4 is 40.7 Å². The molecule has 1 aromatic heterocycles. The van der Waals surface area contributed by atoms with Gasteiger partial charge in [-0.25, -0.2) is 9.69 Å². The van der Waals surface area contributed by atoms with Gasteiger partial charge < -0.3 is 0 Å². The minimum Gasteiger partial charge on any atom is -0.294 e. The average Bonchev–Trinajstić information content (AvgIpc) is 3.20. The first kappa shape index (κ1) is 12.9. The van der Waals surface area contributed by atoms with Crippen molar-refractivity contribution in [1.29, 1.82) is 0 Å². The Morgan fingerprint density at radius 3 is 2.57 bits per heavy atom. The topological polar surface area (TPSA) is 40.6 Å². The first-order chi connectivity index (χ1) is 10.3. The Bertz CT molecular complexity index is 687. The molecule has 0 bridgehead atoms. The van der Waals surface area contributed by atoms with Gasteiger partial charge in [0.25, 0.3) is 5.91 Å². The number of anilines is 1. The van der Waals surface area contributed by atoms with E-state index in [9.17, 15) is 9.59 Å². The van der Waals surface area contributed by atoms with Crippen LogP contribution in [0.4, 0.5) is 10.5 Å². The van der Waals surface area contributed by atoms with E-state index in [1.54, 1.807) is 40.1 Å². The first-order valence-electron chi connectivity index (χ1n) is 6.63. The molecule has 2 aliphatic rings. The van der Waals surface area contributed by atoms with Gasteiger partial charge in [0.15, 0.2) is 0 Å². The Hall–Kier alpha value is -1.79. The van der Waals surface area contributed by atoms with Crippen LogP contribution in [-0.2, 0) is 4.79 Å². The van der Waals surface area contributed by atoms with E-state index in [1.807, 2.05) is 35.7 Å². The number of fused-ring (bicyclic) bond motifs is 1. The Balaban J connectivity index is 1.71. The molecule has 2 fully saturated rings. The number of benzene rings is 1. The summed E-state index contributed by atoms with van der Waals surface area (Å²) in [6.45, 7) is 0. The highest BCUT2D eigenvalue weighted by Gasteiger charge is 2.53. The lowest BCUT2D eigenvalue weighted by molar-refractivity contribution is -0.119. The van der Waals surface area contributed by atoms with E-state index >= 15 is 0 Å². The van der Waals surface area contributed by atoms with Crippen LogP contribution in [0.2, 0.25) is 0 Å². The van der Waals surface area contributed by atoms with Gasteiger partial charge in [-0.3, -0.25) is 9.69 Å². The summed E-state index contributed by atoms with van der Waals surface area (Å²) < 4.78 is 0. The molecule has 3 heterocycles. The summed E-state index contributed by atoms with van der Waals surface area (Å²) in [7, 11) is 0. The number of carbonyl (C=O) groups excluding carboxylic acids is 2. The van der Waals surface area contributed by atoms with Crippen molar-refractivity contribution in [2.75, 3.05) is 10.7 Å². The third kappa shape index (κ3) is 1.90. The molecular formula is C15H12N2O2S2. The normalized spacial score (nSPS) is 24.8. The number of thioether (sulfide) groups is 1. The van der Waals surface area contributed by atoms with Crippen molar-refractivity contribution in [2.24, 2.45) is 0 Å². The molecule has 2 aromatic rings. The van der Waals surface area contributed by atoms with E-state index in [-0.39, 0.29) is 23.4 Å². The highest BCUT2D eigenvalue weighted by Crippen LogP contribution is 2.47. The first-order valence-corrected chi connectivity index (χ1v) is 8.56. The molecule has 3 amide bonds. The number of amides is 3. The van der Waals surface area contributed by atoms with Gasteiger partial charge in [0.2, 0.25) is 0 Å². The van der Waals surface area contributed by atoms with Gasteiger partial charge in [-0.15, -0.1) is 23.1 Å². The maximum atomic E-state index is 12.7. The van der Waals surface area contributed by atoms with Gasteiger partial charge >= 0.3 is 6.03 Å². The smallest absolute Gasteiger partial charge is 0.294 e. The Morgan fingerprint density at radius 2 is 1.86 bits per heavy atom. The summed E-state index contributed by atoms with van der Waals surface area (Å²) in [6.07, 6.45) is 0. The number of nitrogens with zero attached hydrogens (tertiary/aromatic N) is 2. The zero-order valence-electron chi connectivity index (χ0n) is 11.0. The molecule has 1 aromatic carbocycles. The minimum atomic E-state index is -0.338. The second-order valence-corrected chi connectivity index (χ2v) is 7.01. The average molecular weight is 316 g/mol. The van der Waals surface area contributed by atoms with Crippen molar-refractivity contribution in [1.82, 2.24) is 4.90 Å². The highest BCUT2D eigenvalue weighted by atomic mass is 32.2. The number of imide groups is 1. The number of hydrogen-bond donors (Lipinski definition) is 0. The van der Waals surface area contributed by atoms with Crippen molar-refractivity contribution in [3.8, 4) is 0 Å². The fraction of sp³-hybridized carbons (Fsp3) is 0.200. The van der Waals surface area contributed by atoms with Crippen LogP contribution in [0.15, 0.2) is 47.8 Å². The predicted octanol–water partition coefficient (Wildman–Crippen LogP) is 3.33. The molecule has 0 unspecified atom stereocenters. The summed E-state index contributed by atoms with van der Waals surface area (Å²) in [5.74, 6) is 0.550. The maximum Gasteiger partial charge on any atom is 0.333 e. The minimum absolute atomic E-state index is 0.0415. The molecule has 0 N–H and O–H groups in total. The molecule has 4 nitrogen and oxygen atoms in total. The van der Waals surface area contributed by atoms with E-state index in [2.05, 4.69) is 0 Å². The Kier molecular flexibility index (Phi) is 3.01. The van der Waals surface area contributed by atoms with E-state index in [0.717, 1.165) is 4.88 Å². The summed E-state index contributed by atoms with van der Waals surface area (Å²) >= 11 is 3.29. The highest BCUT2D eigenvalue weighted by molar-refractivity contribution is 7.99. The molecule has 21 heavy (non-hydrogen) atoms. The molecule has 0 saturated carbocycles. The lowest BCUT2D eigenvalue weighted by Gasteiger charge is -2.21. The molecule has 2 atom stereocenters. The second-order valence-electron chi connectivity index (χ2n) is 4.92. The van der Waals surface area contributed by atoms with Crippen LogP contribution in [-0.4, -0.2) is 28.6 Å². The molecule has 0 aliphatic carbocycles. The number of rotatable bonds is 2. The van der Waals surface area contributed by atoms with Crippen LogP contribution in [0.1, 0.15) is 10.3 Å². The standard InChI is InChI=1S/C15H12N2O2S2/c18-13-11-9-21-14(12-7-4-8-20-12)17(11)15(19)16(13)10-5-2-1-3-6-10/h1-8,11,14H,9H2/t11-,14+/m0/s1. The molecular weight excluding hydrogens is 304 g/mol. The molecule has 4 rings (SSSR count). The van der Waals surface area contributed by atoms with Crippen LogP contribution >= 0.6 is 23.1 Å². The van der Waals surface area contributed by atoms with Gasteiger partial charge in [-0.1, -0.05) is 24.3 Å². The fourth-order valence-electron chi connectivity index (χ4n) is 2.75. The van der Waals surface area contributed by atoms with E-state index in [4.69, 9.17) is 0 Å². The quantitative estimate of drug-likeness (QED) is 0.798. The SMILES string of the molecule is O=C1[C@@H]2CS[C@H](c3cccs3)N2C(=O)N1c1ccccc1. The number of carbonyl (C=O) groups is 2.